The van der Waals surface area contributed by atoms with Gasteiger partial charge in [-0.25, -0.2) is 0 Å². The van der Waals surface area contributed by atoms with Crippen LogP contribution in [0.25, 0.3) is 0 Å². The van der Waals surface area contributed by atoms with Crippen LogP contribution in [0.15, 0.2) is 65.2 Å². The lowest BCUT2D eigenvalue weighted by Gasteiger charge is -2.11. The zero-order chi connectivity index (χ0) is 16.8. The minimum atomic E-state index is -0.175. The molecule has 1 aromatic heterocycles. The van der Waals surface area contributed by atoms with Crippen molar-refractivity contribution in [2.45, 2.75) is 20.1 Å². The first-order valence-electron chi connectivity index (χ1n) is 7.68. The Morgan fingerprint density at radius 1 is 1.12 bits per heavy atom. The molecule has 0 atom stereocenters. The molecule has 0 radical (unpaired) electrons. The molecule has 0 saturated carbocycles. The lowest BCUT2D eigenvalue weighted by Crippen LogP contribution is -2.23. The largest absolute Gasteiger partial charge is 0.486 e. The van der Waals surface area contributed by atoms with E-state index in [1.807, 2.05) is 49.4 Å². The second-order valence-electron chi connectivity index (χ2n) is 5.38. The van der Waals surface area contributed by atoms with E-state index < -0.39 is 0 Å². The quantitative estimate of drug-likeness (QED) is 0.754. The number of para-hydroxylation sites is 1. The summed E-state index contributed by atoms with van der Waals surface area (Å²) < 4.78 is 10.7. The fourth-order valence-electron chi connectivity index (χ4n) is 2.29. The van der Waals surface area contributed by atoms with E-state index in [4.69, 9.17) is 9.26 Å². The maximum Gasteiger partial charge on any atom is 0.255 e. The summed E-state index contributed by atoms with van der Waals surface area (Å²) in [6, 6.07) is 18.7. The van der Waals surface area contributed by atoms with Gasteiger partial charge in [-0.2, -0.15) is 0 Å². The number of hydrogen-bond donors (Lipinski definition) is 1. The van der Waals surface area contributed by atoms with Gasteiger partial charge < -0.3 is 14.6 Å². The number of carbonyl (C=O) groups is 1. The summed E-state index contributed by atoms with van der Waals surface area (Å²) in [5.41, 5.74) is 2.22. The fraction of sp³-hybridized carbons (Fsp3) is 0.158. The topological polar surface area (TPSA) is 64.4 Å². The van der Waals surface area contributed by atoms with Crippen molar-refractivity contribution in [2.75, 3.05) is 0 Å². The van der Waals surface area contributed by atoms with Crippen LogP contribution in [0.3, 0.4) is 0 Å². The van der Waals surface area contributed by atoms with E-state index >= 15 is 0 Å². The van der Waals surface area contributed by atoms with E-state index in [2.05, 4.69) is 10.5 Å². The summed E-state index contributed by atoms with van der Waals surface area (Å²) in [6.07, 6.45) is 0. The van der Waals surface area contributed by atoms with E-state index in [-0.39, 0.29) is 12.5 Å². The first kappa shape index (κ1) is 15.8. The zero-order valence-electron chi connectivity index (χ0n) is 13.4. The van der Waals surface area contributed by atoms with Crippen molar-refractivity contribution in [3.63, 3.8) is 0 Å². The number of amides is 1. The van der Waals surface area contributed by atoms with Gasteiger partial charge in [0.25, 0.3) is 5.91 Å². The number of nitrogens with one attached hydrogen (secondary N) is 1. The molecule has 3 aromatic rings. The van der Waals surface area contributed by atoms with Gasteiger partial charge in [-0.15, -0.1) is 0 Å². The first-order valence-corrected chi connectivity index (χ1v) is 7.68. The first-order chi connectivity index (χ1) is 11.7. The van der Waals surface area contributed by atoms with Crippen LogP contribution in [0.2, 0.25) is 0 Å². The number of nitrogens with zero attached hydrogens (tertiary/aromatic N) is 1. The number of hydrogen-bond acceptors (Lipinski definition) is 4. The van der Waals surface area contributed by atoms with Gasteiger partial charge in [-0.3, -0.25) is 4.79 Å². The molecule has 0 saturated heterocycles. The summed E-state index contributed by atoms with van der Waals surface area (Å²) in [4.78, 5) is 12.4. The molecule has 24 heavy (non-hydrogen) atoms. The summed E-state index contributed by atoms with van der Waals surface area (Å²) in [6.45, 7) is 2.54. The average Bonchev–Trinajstić information content (AvgIpc) is 3.04. The molecule has 3 rings (SSSR count). The van der Waals surface area contributed by atoms with Crippen LogP contribution in [0, 0.1) is 6.92 Å². The van der Waals surface area contributed by atoms with Crippen molar-refractivity contribution in [3.8, 4) is 5.75 Å². The van der Waals surface area contributed by atoms with Crippen LogP contribution in [0.1, 0.15) is 27.4 Å². The van der Waals surface area contributed by atoms with Crippen LogP contribution in [0.4, 0.5) is 0 Å². The van der Waals surface area contributed by atoms with Crippen molar-refractivity contribution in [1.29, 1.82) is 0 Å². The number of carbonyl (C=O) groups excluding carboxylic acids is 1. The van der Waals surface area contributed by atoms with Crippen LogP contribution in [-0.2, 0) is 13.2 Å². The molecule has 5 nitrogen and oxygen atoms in total. The van der Waals surface area contributed by atoms with Gasteiger partial charge in [0.1, 0.15) is 23.8 Å². The third-order valence-corrected chi connectivity index (χ3v) is 3.48. The molecule has 0 fully saturated rings. The highest BCUT2D eigenvalue weighted by atomic mass is 16.5. The maximum absolute atomic E-state index is 12.4. The van der Waals surface area contributed by atoms with Crippen molar-refractivity contribution in [3.05, 3.63) is 83.2 Å². The molecular weight excluding hydrogens is 304 g/mol. The maximum atomic E-state index is 12.4. The Morgan fingerprint density at radius 3 is 2.62 bits per heavy atom. The van der Waals surface area contributed by atoms with Gasteiger partial charge in [-0.05, 0) is 24.6 Å². The van der Waals surface area contributed by atoms with Gasteiger partial charge >= 0.3 is 0 Å². The van der Waals surface area contributed by atoms with E-state index in [1.54, 1.807) is 18.2 Å². The van der Waals surface area contributed by atoms with E-state index in [1.165, 1.54) is 0 Å². The lowest BCUT2D eigenvalue weighted by atomic mass is 10.1. The van der Waals surface area contributed by atoms with Crippen LogP contribution < -0.4 is 10.1 Å². The zero-order valence-corrected chi connectivity index (χ0v) is 13.4. The van der Waals surface area contributed by atoms with Gasteiger partial charge in [-0.1, -0.05) is 47.6 Å². The summed E-state index contributed by atoms with van der Waals surface area (Å²) >= 11 is 0. The molecule has 0 unspecified atom stereocenters. The summed E-state index contributed by atoms with van der Waals surface area (Å²) in [5, 5.41) is 6.79. The van der Waals surface area contributed by atoms with Crippen molar-refractivity contribution >= 4 is 5.91 Å². The molecule has 1 amide bonds. The van der Waals surface area contributed by atoms with Gasteiger partial charge in [0.05, 0.1) is 5.56 Å². The van der Waals surface area contributed by atoms with Crippen molar-refractivity contribution in [2.24, 2.45) is 0 Å². The Bertz CT molecular complexity index is 812. The minimum absolute atomic E-state index is 0.175. The summed E-state index contributed by atoms with van der Waals surface area (Å²) in [7, 11) is 0. The monoisotopic (exact) mass is 322 g/mol. The smallest absolute Gasteiger partial charge is 0.255 e. The highest BCUT2D eigenvalue weighted by molar-refractivity contribution is 5.96. The van der Waals surface area contributed by atoms with E-state index in [0.29, 0.717) is 23.6 Å². The average molecular weight is 322 g/mol. The second-order valence-corrected chi connectivity index (χ2v) is 5.38. The predicted octanol–water partition coefficient (Wildman–Crippen LogP) is 3.49. The SMILES string of the molecule is Cc1cc(COc2ccccc2C(=O)NCc2ccccc2)no1. The third kappa shape index (κ3) is 4.01. The summed E-state index contributed by atoms with van der Waals surface area (Å²) in [5.74, 6) is 1.07. The molecule has 122 valence electrons. The number of ether oxygens (including phenoxy) is 1. The Morgan fingerprint density at radius 2 is 1.88 bits per heavy atom. The number of benzene rings is 2. The number of aromatic nitrogens is 1. The second kappa shape index (κ2) is 7.46. The van der Waals surface area contributed by atoms with Gasteiger partial charge in [0, 0.05) is 12.6 Å². The van der Waals surface area contributed by atoms with Crippen LogP contribution in [-0.4, -0.2) is 11.1 Å². The Kier molecular flexibility index (Phi) is 4.91. The molecule has 0 aliphatic carbocycles. The van der Waals surface area contributed by atoms with Crippen molar-refractivity contribution < 1.29 is 14.1 Å². The Balaban J connectivity index is 1.65. The Labute approximate surface area is 140 Å². The van der Waals surface area contributed by atoms with Crippen LogP contribution >= 0.6 is 0 Å². The predicted molar refractivity (Wildman–Crippen MR) is 89.6 cm³/mol. The fourth-order valence-corrected chi connectivity index (χ4v) is 2.29. The van der Waals surface area contributed by atoms with Gasteiger partial charge in [0.2, 0.25) is 0 Å². The molecule has 2 aromatic carbocycles. The molecule has 0 aliphatic heterocycles. The molecular formula is C19H18N2O3. The molecule has 0 aliphatic rings. The molecule has 0 spiro atoms. The molecule has 5 heteroatoms. The minimum Gasteiger partial charge on any atom is -0.486 e. The Hall–Kier alpha value is -3.08. The number of aryl methyl sites for hydroxylation is 1. The normalized spacial score (nSPS) is 10.4. The van der Waals surface area contributed by atoms with Crippen LogP contribution in [0.5, 0.6) is 5.75 Å². The highest BCUT2D eigenvalue weighted by Crippen LogP contribution is 2.19. The molecule has 1 heterocycles. The van der Waals surface area contributed by atoms with E-state index in [0.717, 1.165) is 11.3 Å². The lowest BCUT2D eigenvalue weighted by molar-refractivity contribution is 0.0946. The van der Waals surface area contributed by atoms with Gasteiger partial charge in [0.15, 0.2) is 0 Å². The van der Waals surface area contributed by atoms with Crippen molar-refractivity contribution in [1.82, 2.24) is 10.5 Å². The van der Waals surface area contributed by atoms with E-state index in [9.17, 15) is 4.79 Å². The standard InChI is InChI=1S/C19H18N2O3/c1-14-11-16(21-24-14)13-23-18-10-6-5-9-17(18)19(22)20-12-15-7-3-2-4-8-15/h2-11H,12-13H2,1H3,(H,20,22). The molecule has 0 bridgehead atoms. The molecule has 1 N–H and O–H groups in total. The third-order valence-electron chi connectivity index (χ3n) is 3.48. The highest BCUT2D eigenvalue weighted by Gasteiger charge is 2.12. The number of rotatable bonds is 6.